The fourth-order valence-electron chi connectivity index (χ4n) is 2.03. The predicted molar refractivity (Wildman–Crippen MR) is 82.1 cm³/mol. The van der Waals surface area contributed by atoms with Crippen molar-refractivity contribution in [3.8, 4) is 0 Å². The fourth-order valence-corrected chi connectivity index (χ4v) is 2.03. The second-order valence-electron chi connectivity index (χ2n) is 4.83. The lowest BCUT2D eigenvalue weighted by molar-refractivity contribution is -0.385. The minimum absolute atomic E-state index is 0.0108. The van der Waals surface area contributed by atoms with Crippen molar-refractivity contribution in [1.29, 1.82) is 0 Å². The number of hydrogen-bond donors (Lipinski definition) is 2. The number of aliphatic hydroxyl groups is 1. The number of nitro groups is 1. The highest BCUT2D eigenvalue weighted by atomic mass is 16.6. The first-order valence-electron chi connectivity index (χ1n) is 6.84. The van der Waals surface area contributed by atoms with Gasteiger partial charge in [0, 0.05) is 24.9 Å². The third-order valence-corrected chi connectivity index (χ3v) is 3.15. The Hall–Kier alpha value is -3.00. The lowest BCUT2D eigenvalue weighted by Crippen LogP contribution is -2.36. The minimum Gasteiger partial charge on any atom is -0.389 e. The summed E-state index contributed by atoms with van der Waals surface area (Å²) in [6, 6.07) is 10.1. The van der Waals surface area contributed by atoms with Gasteiger partial charge in [0.25, 0.3) is 17.2 Å². The molecule has 2 aromatic rings. The molecule has 0 aliphatic rings. The molecule has 0 aliphatic carbocycles. The van der Waals surface area contributed by atoms with Crippen molar-refractivity contribution < 1.29 is 14.8 Å². The molecule has 0 bridgehead atoms. The summed E-state index contributed by atoms with van der Waals surface area (Å²) in [5.41, 5.74) is -0.656. The number of aliphatic hydroxyl groups excluding tert-OH is 1. The molecule has 1 heterocycles. The predicted octanol–water partition coefficient (Wildman–Crippen LogP) is 0.547. The maximum absolute atomic E-state index is 12.0. The van der Waals surface area contributed by atoms with Crippen LogP contribution in [-0.4, -0.2) is 33.2 Å². The number of amides is 1. The molecule has 0 spiro atoms. The normalized spacial score (nSPS) is 11.7. The van der Waals surface area contributed by atoms with Crippen molar-refractivity contribution in [1.82, 2.24) is 9.88 Å². The topological polar surface area (TPSA) is 114 Å². The third kappa shape index (κ3) is 4.24. The summed E-state index contributed by atoms with van der Waals surface area (Å²) < 4.78 is 1.31. The quantitative estimate of drug-likeness (QED) is 0.596. The standard InChI is InChI=1S/C15H15N3O5/c19-11(10-17-8-4-3-7-14(17)20)9-16-15(21)12-5-1-2-6-13(12)18(22)23/h1-8,11,19H,9-10H2,(H,16,21). The van der Waals surface area contributed by atoms with Crippen LogP contribution in [0.1, 0.15) is 10.4 Å². The molecule has 0 radical (unpaired) electrons. The van der Waals surface area contributed by atoms with E-state index in [9.17, 15) is 24.8 Å². The Kier molecular flexibility index (Phi) is 5.21. The van der Waals surface area contributed by atoms with Gasteiger partial charge in [-0.1, -0.05) is 18.2 Å². The highest BCUT2D eigenvalue weighted by molar-refractivity contribution is 5.98. The van der Waals surface area contributed by atoms with E-state index in [4.69, 9.17) is 0 Å². The number of para-hydroxylation sites is 1. The first-order valence-corrected chi connectivity index (χ1v) is 6.84. The fraction of sp³-hybridized carbons (Fsp3) is 0.200. The second-order valence-corrected chi connectivity index (χ2v) is 4.83. The van der Waals surface area contributed by atoms with Gasteiger partial charge in [0.1, 0.15) is 5.56 Å². The molecule has 1 aromatic carbocycles. The van der Waals surface area contributed by atoms with Crippen molar-refractivity contribution in [3.63, 3.8) is 0 Å². The molecule has 1 atom stereocenters. The van der Waals surface area contributed by atoms with Crippen LogP contribution in [0.15, 0.2) is 53.5 Å². The van der Waals surface area contributed by atoms with Crippen molar-refractivity contribution in [2.75, 3.05) is 6.54 Å². The smallest absolute Gasteiger partial charge is 0.282 e. The van der Waals surface area contributed by atoms with Crippen molar-refractivity contribution in [2.24, 2.45) is 0 Å². The Morgan fingerprint density at radius 1 is 1.26 bits per heavy atom. The number of rotatable bonds is 6. The number of nitro benzene ring substituents is 1. The molecule has 0 saturated heterocycles. The minimum atomic E-state index is -0.998. The van der Waals surface area contributed by atoms with Gasteiger partial charge in [0.05, 0.1) is 17.6 Å². The Morgan fingerprint density at radius 2 is 1.96 bits per heavy atom. The molecule has 2 N–H and O–H groups in total. The Bertz CT molecular complexity index is 771. The number of nitrogens with one attached hydrogen (secondary N) is 1. The maximum Gasteiger partial charge on any atom is 0.282 e. The molecule has 0 saturated carbocycles. The van der Waals surface area contributed by atoms with E-state index in [0.717, 1.165) is 0 Å². The first kappa shape index (κ1) is 16.4. The van der Waals surface area contributed by atoms with Crippen molar-refractivity contribution >= 4 is 11.6 Å². The summed E-state index contributed by atoms with van der Waals surface area (Å²) in [7, 11) is 0. The van der Waals surface area contributed by atoms with Gasteiger partial charge in [-0.15, -0.1) is 0 Å². The van der Waals surface area contributed by atoms with Gasteiger partial charge in [0.15, 0.2) is 0 Å². The molecular formula is C15H15N3O5. The summed E-state index contributed by atoms with van der Waals surface area (Å²) in [4.78, 5) is 33.8. The SMILES string of the molecule is O=C(NCC(O)Cn1ccccc1=O)c1ccccc1[N+](=O)[O-]. The van der Waals surface area contributed by atoms with Gasteiger partial charge in [-0.3, -0.25) is 19.7 Å². The summed E-state index contributed by atoms with van der Waals surface area (Å²) >= 11 is 0. The van der Waals surface area contributed by atoms with E-state index in [-0.39, 0.29) is 29.9 Å². The van der Waals surface area contributed by atoms with E-state index in [1.165, 1.54) is 41.1 Å². The first-order chi connectivity index (χ1) is 11.0. The van der Waals surface area contributed by atoms with Crippen LogP contribution in [0, 0.1) is 10.1 Å². The van der Waals surface area contributed by atoms with E-state index >= 15 is 0 Å². The van der Waals surface area contributed by atoms with E-state index in [2.05, 4.69) is 5.32 Å². The zero-order chi connectivity index (χ0) is 16.8. The van der Waals surface area contributed by atoms with Crippen LogP contribution in [0.25, 0.3) is 0 Å². The molecule has 1 aromatic heterocycles. The number of aromatic nitrogens is 1. The van der Waals surface area contributed by atoms with Gasteiger partial charge in [0.2, 0.25) is 0 Å². The summed E-state index contributed by atoms with van der Waals surface area (Å²) in [5, 5.41) is 23.2. The van der Waals surface area contributed by atoms with Crippen LogP contribution in [0.3, 0.4) is 0 Å². The summed E-state index contributed by atoms with van der Waals surface area (Å²) in [6.07, 6.45) is 0.525. The van der Waals surface area contributed by atoms with Crippen LogP contribution in [0.2, 0.25) is 0 Å². The van der Waals surface area contributed by atoms with Gasteiger partial charge in [-0.25, -0.2) is 0 Å². The highest BCUT2D eigenvalue weighted by Crippen LogP contribution is 2.17. The van der Waals surface area contributed by atoms with Crippen LogP contribution < -0.4 is 10.9 Å². The average molecular weight is 317 g/mol. The summed E-state index contributed by atoms with van der Waals surface area (Å²) in [6.45, 7) is -0.122. The monoisotopic (exact) mass is 317 g/mol. The number of hydrogen-bond acceptors (Lipinski definition) is 5. The lowest BCUT2D eigenvalue weighted by atomic mass is 10.1. The number of carbonyl (C=O) groups excluding carboxylic acids is 1. The number of pyridine rings is 1. The molecule has 8 heteroatoms. The van der Waals surface area contributed by atoms with Crippen LogP contribution in [0.5, 0.6) is 0 Å². The lowest BCUT2D eigenvalue weighted by Gasteiger charge is -2.13. The molecule has 2 rings (SSSR count). The largest absolute Gasteiger partial charge is 0.389 e. The van der Waals surface area contributed by atoms with Gasteiger partial charge < -0.3 is 15.0 Å². The van der Waals surface area contributed by atoms with Crippen LogP contribution >= 0.6 is 0 Å². The number of benzene rings is 1. The van der Waals surface area contributed by atoms with Crippen LogP contribution in [-0.2, 0) is 6.54 Å². The number of nitrogens with zero attached hydrogens (tertiary/aromatic N) is 2. The maximum atomic E-state index is 12.0. The summed E-state index contributed by atoms with van der Waals surface area (Å²) in [5.74, 6) is -0.656. The molecule has 0 fully saturated rings. The highest BCUT2D eigenvalue weighted by Gasteiger charge is 2.19. The van der Waals surface area contributed by atoms with E-state index in [1.807, 2.05) is 0 Å². The molecule has 0 aliphatic heterocycles. The molecule has 1 amide bonds. The molecule has 1 unspecified atom stereocenters. The molecule has 120 valence electrons. The van der Waals surface area contributed by atoms with Crippen LogP contribution in [0.4, 0.5) is 5.69 Å². The molecule has 8 nitrogen and oxygen atoms in total. The zero-order valence-electron chi connectivity index (χ0n) is 12.1. The zero-order valence-corrected chi connectivity index (χ0v) is 12.1. The third-order valence-electron chi connectivity index (χ3n) is 3.15. The van der Waals surface area contributed by atoms with Gasteiger partial charge >= 0.3 is 0 Å². The van der Waals surface area contributed by atoms with E-state index in [1.54, 1.807) is 12.1 Å². The molecular weight excluding hydrogens is 302 g/mol. The van der Waals surface area contributed by atoms with E-state index < -0.39 is 16.9 Å². The van der Waals surface area contributed by atoms with E-state index in [0.29, 0.717) is 0 Å². The van der Waals surface area contributed by atoms with Crippen molar-refractivity contribution in [3.05, 3.63) is 74.7 Å². The number of carbonyl (C=O) groups is 1. The molecule has 23 heavy (non-hydrogen) atoms. The Labute approximate surface area is 131 Å². The Morgan fingerprint density at radius 3 is 2.65 bits per heavy atom. The second kappa shape index (κ2) is 7.32. The van der Waals surface area contributed by atoms with Gasteiger partial charge in [-0.05, 0) is 12.1 Å². The average Bonchev–Trinajstić information content (AvgIpc) is 2.54. The van der Waals surface area contributed by atoms with Gasteiger partial charge in [-0.2, -0.15) is 0 Å². The Balaban J connectivity index is 1.98. The van der Waals surface area contributed by atoms with Crippen molar-refractivity contribution in [2.45, 2.75) is 12.6 Å².